The van der Waals surface area contributed by atoms with Crippen molar-refractivity contribution in [1.82, 2.24) is 14.5 Å². The lowest BCUT2D eigenvalue weighted by molar-refractivity contribution is -0.0330. The minimum Gasteiger partial charge on any atom is -0.473 e. The number of ether oxygens (including phenoxy) is 2. The number of aromatic nitrogens is 3. The van der Waals surface area contributed by atoms with Crippen molar-refractivity contribution in [2.45, 2.75) is 50.8 Å². The van der Waals surface area contributed by atoms with Crippen molar-refractivity contribution < 1.29 is 27.0 Å². The minimum atomic E-state index is -3.12. The zero-order valence-electron chi connectivity index (χ0n) is 19.1. The Bertz CT molecular complexity index is 1370. The second-order valence-electron chi connectivity index (χ2n) is 9.39. The molecule has 6 rings (SSSR count). The smallest absolute Gasteiger partial charge is 0.352 e. The van der Waals surface area contributed by atoms with Gasteiger partial charge in [-0.25, -0.2) is 13.6 Å². The Morgan fingerprint density at radius 1 is 1.08 bits per heavy atom. The van der Waals surface area contributed by atoms with Gasteiger partial charge in [0, 0.05) is 43.4 Å². The highest BCUT2D eigenvalue weighted by Gasteiger charge is 2.49. The van der Waals surface area contributed by atoms with Crippen LogP contribution < -0.4 is 20.1 Å². The fraction of sp³-hybridized carbons (Fsp3) is 0.400. The van der Waals surface area contributed by atoms with Gasteiger partial charge in [0.2, 0.25) is 5.88 Å². The third-order valence-electron chi connectivity index (χ3n) is 6.86. The summed E-state index contributed by atoms with van der Waals surface area (Å²) in [4.78, 5) is 22.2. The van der Waals surface area contributed by atoms with E-state index in [1.165, 1.54) is 6.07 Å². The van der Waals surface area contributed by atoms with Crippen LogP contribution in [0, 0.1) is 17.6 Å². The van der Waals surface area contributed by atoms with Crippen LogP contribution in [-0.2, 0) is 19.1 Å². The highest BCUT2D eigenvalue weighted by atomic mass is 19.3. The van der Waals surface area contributed by atoms with Crippen LogP contribution in [-0.4, -0.2) is 27.1 Å². The Morgan fingerprint density at radius 3 is 2.61 bits per heavy atom. The van der Waals surface area contributed by atoms with E-state index in [1.54, 1.807) is 10.6 Å². The molecule has 7 nitrogen and oxygen atoms in total. The summed E-state index contributed by atoms with van der Waals surface area (Å²) < 4.78 is 70.6. The molecule has 0 radical (unpaired) electrons. The first-order valence-electron chi connectivity index (χ1n) is 11.8. The third kappa shape index (κ3) is 4.06. The van der Waals surface area contributed by atoms with E-state index in [0.717, 1.165) is 49.6 Å². The van der Waals surface area contributed by atoms with Crippen LogP contribution in [0.4, 0.5) is 23.4 Å². The molecule has 0 bridgehead atoms. The minimum absolute atomic E-state index is 0.0702. The molecule has 188 valence electrons. The fourth-order valence-corrected chi connectivity index (χ4v) is 4.87. The van der Waals surface area contributed by atoms with E-state index in [9.17, 15) is 22.4 Å². The molecule has 2 aliphatic heterocycles. The number of benzene rings is 1. The lowest BCUT2D eigenvalue weighted by Crippen LogP contribution is -2.24. The van der Waals surface area contributed by atoms with E-state index >= 15 is 0 Å². The highest BCUT2D eigenvalue weighted by molar-refractivity contribution is 5.48. The van der Waals surface area contributed by atoms with Gasteiger partial charge >= 0.3 is 5.69 Å². The van der Waals surface area contributed by atoms with Crippen molar-refractivity contribution in [1.29, 1.82) is 0 Å². The number of hydrogen-bond donors (Lipinski definition) is 0. The molecule has 11 heteroatoms. The molecule has 1 saturated heterocycles. The van der Waals surface area contributed by atoms with Crippen molar-refractivity contribution in [2.75, 3.05) is 11.4 Å². The van der Waals surface area contributed by atoms with Gasteiger partial charge in [0.25, 0.3) is 5.92 Å². The van der Waals surface area contributed by atoms with Crippen LogP contribution in [0.2, 0.25) is 0 Å². The molecule has 0 N–H and O–H groups in total. The lowest BCUT2D eigenvalue weighted by atomic mass is 10.1. The van der Waals surface area contributed by atoms with Crippen molar-refractivity contribution in [3.63, 3.8) is 0 Å². The maximum Gasteiger partial charge on any atom is 0.352 e. The van der Waals surface area contributed by atoms with Gasteiger partial charge in [0.05, 0.1) is 0 Å². The van der Waals surface area contributed by atoms with Crippen molar-refractivity contribution in [2.24, 2.45) is 5.92 Å². The van der Waals surface area contributed by atoms with E-state index in [4.69, 9.17) is 9.47 Å². The van der Waals surface area contributed by atoms with Gasteiger partial charge in [-0.15, -0.1) is 0 Å². The third-order valence-corrected chi connectivity index (χ3v) is 6.86. The van der Waals surface area contributed by atoms with Gasteiger partial charge in [-0.3, -0.25) is 9.55 Å². The number of hydrogen-bond acceptors (Lipinski definition) is 6. The first-order valence-corrected chi connectivity index (χ1v) is 11.8. The predicted molar refractivity (Wildman–Crippen MR) is 120 cm³/mol. The second-order valence-corrected chi connectivity index (χ2v) is 9.39. The Labute approximate surface area is 203 Å². The molecule has 4 heterocycles. The highest BCUT2D eigenvalue weighted by Crippen LogP contribution is 2.49. The zero-order chi connectivity index (χ0) is 25.0. The molecule has 1 aromatic carbocycles. The number of alkyl halides is 2. The Kier molecular flexibility index (Phi) is 5.38. The van der Waals surface area contributed by atoms with Crippen LogP contribution in [0.1, 0.15) is 36.9 Å². The van der Waals surface area contributed by atoms with Gasteiger partial charge in [0.1, 0.15) is 23.9 Å². The molecule has 3 aromatic rings. The number of rotatable bonds is 7. The van der Waals surface area contributed by atoms with E-state index in [-0.39, 0.29) is 29.8 Å². The van der Waals surface area contributed by atoms with Gasteiger partial charge in [-0.2, -0.15) is 13.8 Å². The Balaban J connectivity index is 1.17. The second kappa shape index (κ2) is 8.49. The number of nitrogens with zero attached hydrogens (tertiary/aromatic N) is 4. The van der Waals surface area contributed by atoms with Crippen molar-refractivity contribution >= 4 is 5.82 Å². The summed E-state index contributed by atoms with van der Waals surface area (Å²) in [5.74, 6) is -6.02. The van der Waals surface area contributed by atoms with E-state index in [0.29, 0.717) is 19.4 Å². The topological polar surface area (TPSA) is 69.5 Å². The molecular weight excluding hydrogens is 480 g/mol. The molecule has 3 aliphatic rings. The number of anilines is 1. The van der Waals surface area contributed by atoms with Crippen LogP contribution in [0.5, 0.6) is 17.4 Å². The Hall–Kier alpha value is -3.63. The standard InChI is InChI=1S/C25H22F4N4O3/c26-18-8-14(13-35-21-11-22-32-7-1-2-16(32)12-33(22)24(34)31-21)9-19(27)23(18)36-17-5-6-30-20(10-17)25(28,29)15-3-4-15/h5-6,8-11,15-16H,1-4,7,12-13H2. The molecule has 1 atom stereocenters. The first kappa shape index (κ1) is 22.8. The summed E-state index contributed by atoms with van der Waals surface area (Å²) in [6.07, 6.45) is 3.99. The van der Waals surface area contributed by atoms with Gasteiger partial charge in [0.15, 0.2) is 17.4 Å². The normalized spacial score (nSPS) is 18.8. The monoisotopic (exact) mass is 502 g/mol. The summed E-state index contributed by atoms with van der Waals surface area (Å²) in [6.45, 7) is 1.21. The largest absolute Gasteiger partial charge is 0.473 e. The van der Waals surface area contributed by atoms with E-state index in [2.05, 4.69) is 14.9 Å². The zero-order valence-corrected chi connectivity index (χ0v) is 19.1. The first-order chi connectivity index (χ1) is 17.3. The van der Waals surface area contributed by atoms with E-state index in [1.807, 2.05) is 0 Å². The summed E-state index contributed by atoms with van der Waals surface area (Å²) in [6, 6.07) is 6.24. The average Bonchev–Trinajstić information content (AvgIpc) is 3.52. The predicted octanol–water partition coefficient (Wildman–Crippen LogP) is 4.77. The SMILES string of the molecule is O=c1nc(OCc2cc(F)c(Oc3ccnc(C(F)(F)C4CC4)c3)c(F)c2)cc2n1CC1CCCN21. The number of fused-ring (bicyclic) bond motifs is 3. The molecule has 0 amide bonds. The van der Waals surface area contributed by atoms with Crippen LogP contribution in [0.3, 0.4) is 0 Å². The fourth-order valence-electron chi connectivity index (χ4n) is 4.87. The maximum atomic E-state index is 14.7. The van der Waals surface area contributed by atoms with Gasteiger partial charge in [-0.05, 0) is 49.4 Å². The van der Waals surface area contributed by atoms with Crippen LogP contribution >= 0.6 is 0 Å². The molecule has 36 heavy (non-hydrogen) atoms. The molecule has 2 aromatic heterocycles. The Morgan fingerprint density at radius 2 is 1.86 bits per heavy atom. The molecule has 1 unspecified atom stereocenters. The van der Waals surface area contributed by atoms with Crippen molar-refractivity contribution in [3.05, 3.63) is 69.9 Å². The summed E-state index contributed by atoms with van der Waals surface area (Å²) in [7, 11) is 0. The van der Waals surface area contributed by atoms with Gasteiger partial charge < -0.3 is 14.4 Å². The summed E-state index contributed by atoms with van der Waals surface area (Å²) in [5, 5.41) is 0. The molecule has 1 saturated carbocycles. The van der Waals surface area contributed by atoms with E-state index < -0.39 is 40.6 Å². The van der Waals surface area contributed by atoms with Crippen molar-refractivity contribution in [3.8, 4) is 17.4 Å². The molecule has 1 aliphatic carbocycles. The average molecular weight is 502 g/mol. The molecular formula is C25H22F4N4O3. The van der Waals surface area contributed by atoms with Crippen LogP contribution in [0.25, 0.3) is 0 Å². The quantitative estimate of drug-likeness (QED) is 0.434. The van der Waals surface area contributed by atoms with Crippen LogP contribution in [0.15, 0.2) is 41.3 Å². The number of halogens is 4. The molecule has 2 fully saturated rings. The lowest BCUT2D eigenvalue weighted by Gasteiger charge is -2.17. The summed E-state index contributed by atoms with van der Waals surface area (Å²) in [5.41, 5.74) is -0.775. The molecule has 0 spiro atoms. The number of pyridine rings is 1. The van der Waals surface area contributed by atoms with Gasteiger partial charge in [-0.1, -0.05) is 0 Å². The summed E-state index contributed by atoms with van der Waals surface area (Å²) >= 11 is 0. The maximum absolute atomic E-state index is 14.7.